The fourth-order valence-electron chi connectivity index (χ4n) is 4.05. The molecular formula is C27H27N3O4. The average Bonchev–Trinajstić information content (AvgIpc) is 2.88. The molecular weight excluding hydrogens is 430 g/mol. The largest absolute Gasteiger partial charge is 0.465 e. The molecule has 0 saturated carbocycles. The molecule has 0 unspecified atom stereocenters. The van der Waals surface area contributed by atoms with E-state index in [1.807, 2.05) is 66.4 Å². The second-order valence-corrected chi connectivity index (χ2v) is 8.19. The molecule has 3 aromatic rings. The maximum absolute atomic E-state index is 13.0. The topological polar surface area (TPSA) is 79.0 Å². The summed E-state index contributed by atoms with van der Waals surface area (Å²) < 4.78 is 4.86. The van der Waals surface area contributed by atoms with Crippen LogP contribution >= 0.6 is 0 Å². The Morgan fingerprint density at radius 2 is 1.50 bits per heavy atom. The first-order valence-electron chi connectivity index (χ1n) is 11.2. The number of rotatable bonds is 5. The van der Waals surface area contributed by atoms with E-state index in [2.05, 4.69) is 10.2 Å². The van der Waals surface area contributed by atoms with Gasteiger partial charge in [-0.15, -0.1) is 0 Å². The van der Waals surface area contributed by atoms with Gasteiger partial charge in [0.2, 0.25) is 0 Å². The number of methoxy groups -OCH3 is 1. The number of anilines is 2. The van der Waals surface area contributed by atoms with E-state index in [-0.39, 0.29) is 11.8 Å². The molecule has 3 aromatic carbocycles. The SMILES string of the molecule is COC(=O)c1ccc(N2CCN(C(=O)c3ccccc3)CC2)c(NC(=O)c2cccc(C)c2)c1. The van der Waals surface area contributed by atoms with Crippen molar-refractivity contribution in [2.24, 2.45) is 0 Å². The number of benzene rings is 3. The van der Waals surface area contributed by atoms with Gasteiger partial charge in [-0.25, -0.2) is 4.79 Å². The van der Waals surface area contributed by atoms with Crippen LogP contribution < -0.4 is 10.2 Å². The lowest BCUT2D eigenvalue weighted by molar-refractivity contribution is 0.0600. The maximum atomic E-state index is 13.0. The monoisotopic (exact) mass is 457 g/mol. The molecule has 7 nitrogen and oxygen atoms in total. The maximum Gasteiger partial charge on any atom is 0.337 e. The van der Waals surface area contributed by atoms with E-state index in [1.54, 1.807) is 18.2 Å². The number of nitrogens with one attached hydrogen (secondary N) is 1. The molecule has 2 amide bonds. The number of nitrogens with zero attached hydrogens (tertiary/aromatic N) is 2. The molecule has 7 heteroatoms. The summed E-state index contributed by atoms with van der Waals surface area (Å²) in [6.07, 6.45) is 0. The number of piperazine rings is 1. The van der Waals surface area contributed by atoms with Crippen LogP contribution in [0.1, 0.15) is 36.6 Å². The van der Waals surface area contributed by atoms with Gasteiger partial charge >= 0.3 is 5.97 Å². The molecule has 0 aromatic heterocycles. The van der Waals surface area contributed by atoms with Crippen LogP contribution in [-0.2, 0) is 4.74 Å². The van der Waals surface area contributed by atoms with Crippen molar-refractivity contribution in [3.05, 3.63) is 95.1 Å². The number of ether oxygens (including phenoxy) is 1. The van der Waals surface area contributed by atoms with Crippen LogP contribution in [0.4, 0.5) is 11.4 Å². The fourth-order valence-corrected chi connectivity index (χ4v) is 4.05. The highest BCUT2D eigenvalue weighted by molar-refractivity contribution is 6.07. The number of hydrogen-bond acceptors (Lipinski definition) is 5. The highest BCUT2D eigenvalue weighted by atomic mass is 16.5. The van der Waals surface area contributed by atoms with E-state index < -0.39 is 5.97 Å². The normalized spacial score (nSPS) is 13.4. The number of hydrogen-bond donors (Lipinski definition) is 1. The second kappa shape index (κ2) is 10.2. The summed E-state index contributed by atoms with van der Waals surface area (Å²) in [6.45, 7) is 4.23. The van der Waals surface area contributed by atoms with E-state index in [4.69, 9.17) is 4.74 Å². The molecule has 1 heterocycles. The van der Waals surface area contributed by atoms with Crippen molar-refractivity contribution in [2.75, 3.05) is 43.5 Å². The quantitative estimate of drug-likeness (QED) is 0.586. The van der Waals surface area contributed by atoms with Crippen molar-refractivity contribution in [1.82, 2.24) is 4.90 Å². The van der Waals surface area contributed by atoms with Gasteiger partial charge < -0.3 is 19.9 Å². The fraction of sp³-hybridized carbons (Fsp3) is 0.222. The van der Waals surface area contributed by atoms with Crippen LogP contribution in [0.15, 0.2) is 72.8 Å². The molecule has 1 saturated heterocycles. The number of aryl methyl sites for hydroxylation is 1. The van der Waals surface area contributed by atoms with Gasteiger partial charge in [-0.3, -0.25) is 9.59 Å². The summed E-state index contributed by atoms with van der Waals surface area (Å²) in [5.41, 5.74) is 3.86. The lowest BCUT2D eigenvalue weighted by Crippen LogP contribution is -2.49. The smallest absolute Gasteiger partial charge is 0.337 e. The molecule has 174 valence electrons. The Hall–Kier alpha value is -4.13. The standard InChI is InChI=1S/C27H27N3O4/c1-19-7-6-10-21(17-19)25(31)28-23-18-22(27(33)34-2)11-12-24(23)29-13-15-30(16-14-29)26(32)20-8-4-3-5-9-20/h3-12,17-18H,13-16H2,1-2H3,(H,28,31). The van der Waals surface area contributed by atoms with Crippen LogP contribution in [0.3, 0.4) is 0 Å². The Kier molecular flexibility index (Phi) is 6.92. The van der Waals surface area contributed by atoms with E-state index >= 15 is 0 Å². The zero-order valence-corrected chi connectivity index (χ0v) is 19.3. The molecule has 1 aliphatic rings. The third kappa shape index (κ3) is 5.09. The van der Waals surface area contributed by atoms with Gasteiger partial charge in [0, 0.05) is 37.3 Å². The van der Waals surface area contributed by atoms with Crippen molar-refractivity contribution < 1.29 is 19.1 Å². The van der Waals surface area contributed by atoms with Gasteiger partial charge in [-0.1, -0.05) is 35.9 Å². The van der Waals surface area contributed by atoms with Gasteiger partial charge in [-0.05, 0) is 49.4 Å². The lowest BCUT2D eigenvalue weighted by Gasteiger charge is -2.37. The number of carbonyl (C=O) groups is 3. The summed E-state index contributed by atoms with van der Waals surface area (Å²) >= 11 is 0. The van der Waals surface area contributed by atoms with Crippen LogP contribution in [0, 0.1) is 6.92 Å². The Bertz CT molecular complexity index is 1200. The Balaban J connectivity index is 1.54. The third-order valence-electron chi connectivity index (χ3n) is 5.87. The Morgan fingerprint density at radius 1 is 0.794 bits per heavy atom. The molecule has 0 bridgehead atoms. The number of carbonyl (C=O) groups excluding carboxylic acids is 3. The molecule has 1 fully saturated rings. The van der Waals surface area contributed by atoms with Gasteiger partial charge in [0.05, 0.1) is 24.0 Å². The van der Waals surface area contributed by atoms with Crippen LogP contribution in [0.2, 0.25) is 0 Å². The number of esters is 1. The molecule has 1 aliphatic heterocycles. The molecule has 0 spiro atoms. The summed E-state index contributed by atoms with van der Waals surface area (Å²) in [6, 6.07) is 21.7. The summed E-state index contributed by atoms with van der Waals surface area (Å²) in [5.74, 6) is -0.727. The van der Waals surface area contributed by atoms with Crippen molar-refractivity contribution in [3.8, 4) is 0 Å². The van der Waals surface area contributed by atoms with Crippen molar-refractivity contribution in [2.45, 2.75) is 6.92 Å². The van der Waals surface area contributed by atoms with Crippen LogP contribution in [-0.4, -0.2) is 56.0 Å². The van der Waals surface area contributed by atoms with Crippen molar-refractivity contribution >= 4 is 29.2 Å². The predicted molar refractivity (Wildman–Crippen MR) is 131 cm³/mol. The van der Waals surface area contributed by atoms with Gasteiger partial charge in [0.25, 0.3) is 11.8 Å². The highest BCUT2D eigenvalue weighted by Crippen LogP contribution is 2.29. The van der Waals surface area contributed by atoms with Gasteiger partial charge in [0.15, 0.2) is 0 Å². The van der Waals surface area contributed by atoms with Crippen molar-refractivity contribution in [3.63, 3.8) is 0 Å². The molecule has 34 heavy (non-hydrogen) atoms. The first-order chi connectivity index (χ1) is 16.5. The Morgan fingerprint density at radius 3 is 2.18 bits per heavy atom. The minimum atomic E-state index is -0.476. The van der Waals surface area contributed by atoms with E-state index in [1.165, 1.54) is 7.11 Å². The van der Waals surface area contributed by atoms with Crippen LogP contribution in [0.5, 0.6) is 0 Å². The van der Waals surface area contributed by atoms with Crippen molar-refractivity contribution in [1.29, 1.82) is 0 Å². The summed E-state index contributed by atoms with van der Waals surface area (Å²) in [7, 11) is 1.32. The first-order valence-corrected chi connectivity index (χ1v) is 11.2. The number of amides is 2. The minimum absolute atomic E-state index is 0.00858. The molecule has 4 rings (SSSR count). The Labute approximate surface area is 198 Å². The van der Waals surface area contributed by atoms with E-state index in [0.29, 0.717) is 48.6 Å². The highest BCUT2D eigenvalue weighted by Gasteiger charge is 2.24. The molecule has 0 aliphatic carbocycles. The zero-order chi connectivity index (χ0) is 24.1. The average molecular weight is 458 g/mol. The molecule has 0 radical (unpaired) electrons. The molecule has 1 N–H and O–H groups in total. The van der Waals surface area contributed by atoms with E-state index in [9.17, 15) is 14.4 Å². The minimum Gasteiger partial charge on any atom is -0.465 e. The zero-order valence-electron chi connectivity index (χ0n) is 19.3. The van der Waals surface area contributed by atoms with Gasteiger partial charge in [0.1, 0.15) is 0 Å². The molecule has 0 atom stereocenters. The van der Waals surface area contributed by atoms with Gasteiger partial charge in [-0.2, -0.15) is 0 Å². The first kappa shape index (κ1) is 23.0. The van der Waals surface area contributed by atoms with E-state index in [0.717, 1.165) is 11.3 Å². The van der Waals surface area contributed by atoms with Crippen LogP contribution in [0.25, 0.3) is 0 Å². The summed E-state index contributed by atoms with van der Waals surface area (Å²) in [5, 5.41) is 2.96. The lowest BCUT2D eigenvalue weighted by atomic mass is 10.1. The summed E-state index contributed by atoms with van der Waals surface area (Å²) in [4.78, 5) is 41.8. The second-order valence-electron chi connectivity index (χ2n) is 8.19. The predicted octanol–water partition coefficient (Wildman–Crippen LogP) is 4.00. The third-order valence-corrected chi connectivity index (χ3v) is 5.87.